The highest BCUT2D eigenvalue weighted by atomic mass is 16.5. The third-order valence-electron chi connectivity index (χ3n) is 3.72. The van der Waals surface area contributed by atoms with Gasteiger partial charge in [0.1, 0.15) is 11.4 Å². The Morgan fingerprint density at radius 2 is 2.04 bits per heavy atom. The maximum absolute atomic E-state index is 12.2. The molecule has 0 aliphatic rings. The number of methoxy groups -OCH3 is 2. The molecule has 0 aliphatic heterocycles. The highest BCUT2D eigenvalue weighted by Gasteiger charge is 2.10. The van der Waals surface area contributed by atoms with E-state index in [1.165, 1.54) is 16.8 Å². The van der Waals surface area contributed by atoms with Crippen LogP contribution in [0, 0.1) is 6.92 Å². The largest absolute Gasteiger partial charge is 0.496 e. The molecule has 0 saturated carbocycles. The summed E-state index contributed by atoms with van der Waals surface area (Å²) >= 11 is 0. The summed E-state index contributed by atoms with van der Waals surface area (Å²) in [4.78, 5) is 23.9. The van der Waals surface area contributed by atoms with Gasteiger partial charge in [0.25, 0.3) is 11.5 Å². The Morgan fingerprint density at radius 3 is 2.76 bits per heavy atom. The van der Waals surface area contributed by atoms with E-state index in [0.717, 1.165) is 16.9 Å². The first-order valence-electron chi connectivity index (χ1n) is 8.04. The second-order valence-corrected chi connectivity index (χ2v) is 5.59. The third kappa shape index (κ3) is 5.15. The van der Waals surface area contributed by atoms with Crippen molar-refractivity contribution in [3.05, 3.63) is 57.5 Å². The lowest BCUT2D eigenvalue weighted by atomic mass is 10.1. The van der Waals surface area contributed by atoms with Crippen LogP contribution >= 0.6 is 0 Å². The quantitative estimate of drug-likeness (QED) is 0.777. The summed E-state index contributed by atoms with van der Waals surface area (Å²) in [5.41, 5.74) is 2.10. The maximum Gasteiger partial charge on any atom is 0.271 e. The van der Waals surface area contributed by atoms with E-state index < -0.39 is 0 Å². The standard InChI is InChI=1S/C18H23N3O4/c1-13-4-6-16(25-3)14(12-13)8-9-19-18(23)15-5-7-17(22)21(20-15)10-11-24-2/h4-7,12H,8-11H2,1-3H3,(H,19,23). The predicted molar refractivity (Wildman–Crippen MR) is 94.1 cm³/mol. The number of aromatic nitrogens is 2. The van der Waals surface area contributed by atoms with E-state index in [2.05, 4.69) is 10.4 Å². The molecular weight excluding hydrogens is 322 g/mol. The molecule has 0 atom stereocenters. The van der Waals surface area contributed by atoms with E-state index in [0.29, 0.717) is 26.1 Å². The molecule has 0 saturated heterocycles. The average Bonchev–Trinajstić information content (AvgIpc) is 2.61. The zero-order valence-corrected chi connectivity index (χ0v) is 14.7. The summed E-state index contributed by atoms with van der Waals surface area (Å²) in [6.07, 6.45) is 0.639. The van der Waals surface area contributed by atoms with Crippen LogP contribution in [0.3, 0.4) is 0 Å². The predicted octanol–water partition coefficient (Wildman–Crippen LogP) is 1.18. The molecule has 2 rings (SSSR count). The maximum atomic E-state index is 12.2. The molecule has 1 N–H and O–H groups in total. The lowest BCUT2D eigenvalue weighted by Gasteiger charge is -2.10. The Hall–Kier alpha value is -2.67. The minimum absolute atomic E-state index is 0.201. The molecule has 7 heteroatoms. The van der Waals surface area contributed by atoms with Crippen LogP contribution in [-0.4, -0.2) is 43.1 Å². The van der Waals surface area contributed by atoms with Gasteiger partial charge < -0.3 is 14.8 Å². The van der Waals surface area contributed by atoms with Gasteiger partial charge in [-0.2, -0.15) is 5.10 Å². The number of carbonyl (C=O) groups is 1. The van der Waals surface area contributed by atoms with E-state index in [1.54, 1.807) is 14.2 Å². The van der Waals surface area contributed by atoms with Gasteiger partial charge in [-0.05, 0) is 31.0 Å². The number of hydrogen-bond donors (Lipinski definition) is 1. The fraction of sp³-hybridized carbons (Fsp3) is 0.389. The summed E-state index contributed by atoms with van der Waals surface area (Å²) in [6, 6.07) is 8.69. The van der Waals surface area contributed by atoms with Gasteiger partial charge >= 0.3 is 0 Å². The lowest BCUT2D eigenvalue weighted by molar-refractivity contribution is 0.0945. The van der Waals surface area contributed by atoms with Gasteiger partial charge in [-0.25, -0.2) is 4.68 Å². The molecule has 0 aliphatic carbocycles. The first-order valence-corrected chi connectivity index (χ1v) is 8.04. The summed E-state index contributed by atoms with van der Waals surface area (Å²) in [6.45, 7) is 3.11. The van der Waals surface area contributed by atoms with Gasteiger partial charge in [0.05, 0.1) is 20.3 Å². The zero-order chi connectivity index (χ0) is 18.2. The summed E-state index contributed by atoms with van der Waals surface area (Å²) in [7, 11) is 3.17. The Bertz CT molecular complexity index is 786. The molecule has 1 aromatic heterocycles. The fourth-order valence-electron chi connectivity index (χ4n) is 2.41. The van der Waals surface area contributed by atoms with Crippen LogP contribution in [0.4, 0.5) is 0 Å². The van der Waals surface area contributed by atoms with Crippen molar-refractivity contribution in [3.63, 3.8) is 0 Å². The van der Waals surface area contributed by atoms with Crippen molar-refractivity contribution in [1.29, 1.82) is 0 Å². The molecule has 1 amide bonds. The summed E-state index contributed by atoms with van der Waals surface area (Å²) in [5, 5.41) is 6.89. The molecule has 2 aromatic rings. The van der Waals surface area contributed by atoms with Gasteiger partial charge in [-0.1, -0.05) is 17.7 Å². The molecule has 1 aromatic carbocycles. The molecule has 0 unspecified atom stereocenters. The molecular formula is C18H23N3O4. The SMILES string of the molecule is COCCn1nc(C(=O)NCCc2cc(C)ccc2OC)ccc1=O. The highest BCUT2D eigenvalue weighted by molar-refractivity contribution is 5.91. The van der Waals surface area contributed by atoms with Gasteiger partial charge in [0.2, 0.25) is 0 Å². The van der Waals surface area contributed by atoms with Crippen molar-refractivity contribution >= 4 is 5.91 Å². The summed E-state index contributed by atoms with van der Waals surface area (Å²) < 4.78 is 11.5. The van der Waals surface area contributed by atoms with Crippen LogP contribution in [-0.2, 0) is 17.7 Å². The van der Waals surface area contributed by atoms with E-state index in [-0.39, 0.29) is 17.2 Å². The fourth-order valence-corrected chi connectivity index (χ4v) is 2.41. The van der Waals surface area contributed by atoms with Gasteiger partial charge in [-0.15, -0.1) is 0 Å². The van der Waals surface area contributed by atoms with E-state index in [1.807, 2.05) is 25.1 Å². The number of amides is 1. The Labute approximate surface area is 146 Å². The normalized spacial score (nSPS) is 10.5. The number of rotatable bonds is 8. The topological polar surface area (TPSA) is 82.5 Å². The second-order valence-electron chi connectivity index (χ2n) is 5.59. The second kappa shape index (κ2) is 8.98. The Kier molecular flexibility index (Phi) is 6.71. The Balaban J connectivity index is 1.99. The molecule has 7 nitrogen and oxygen atoms in total. The molecule has 0 fully saturated rings. The van der Waals surface area contributed by atoms with Gasteiger partial charge in [-0.3, -0.25) is 9.59 Å². The first kappa shape index (κ1) is 18.7. The molecule has 25 heavy (non-hydrogen) atoms. The minimum atomic E-state index is -0.321. The third-order valence-corrected chi connectivity index (χ3v) is 3.72. The van der Waals surface area contributed by atoms with E-state index in [9.17, 15) is 9.59 Å². The van der Waals surface area contributed by atoms with Crippen molar-refractivity contribution < 1.29 is 14.3 Å². The smallest absolute Gasteiger partial charge is 0.271 e. The zero-order valence-electron chi connectivity index (χ0n) is 14.7. The van der Waals surface area contributed by atoms with Crippen molar-refractivity contribution in [2.45, 2.75) is 19.9 Å². The van der Waals surface area contributed by atoms with Crippen LogP contribution in [0.2, 0.25) is 0 Å². The number of nitrogens with zero attached hydrogens (tertiary/aromatic N) is 2. The molecule has 0 radical (unpaired) electrons. The van der Waals surface area contributed by atoms with Crippen molar-refractivity contribution in [2.75, 3.05) is 27.4 Å². The van der Waals surface area contributed by atoms with Crippen LogP contribution in [0.5, 0.6) is 5.75 Å². The number of carbonyl (C=O) groups excluding carboxylic acids is 1. The van der Waals surface area contributed by atoms with Crippen LogP contribution in [0.1, 0.15) is 21.6 Å². The van der Waals surface area contributed by atoms with Gasteiger partial charge in [0, 0.05) is 19.7 Å². The van der Waals surface area contributed by atoms with Crippen molar-refractivity contribution in [1.82, 2.24) is 15.1 Å². The van der Waals surface area contributed by atoms with Crippen molar-refractivity contribution in [3.8, 4) is 5.75 Å². The van der Waals surface area contributed by atoms with E-state index in [4.69, 9.17) is 9.47 Å². The number of aryl methyl sites for hydroxylation is 1. The van der Waals surface area contributed by atoms with Crippen LogP contribution < -0.4 is 15.6 Å². The van der Waals surface area contributed by atoms with Gasteiger partial charge in [0.15, 0.2) is 0 Å². The summed E-state index contributed by atoms with van der Waals surface area (Å²) in [5.74, 6) is 0.476. The number of benzene rings is 1. The van der Waals surface area contributed by atoms with E-state index >= 15 is 0 Å². The molecule has 0 bridgehead atoms. The van der Waals surface area contributed by atoms with Crippen LogP contribution in [0.15, 0.2) is 35.1 Å². The molecule has 0 spiro atoms. The highest BCUT2D eigenvalue weighted by Crippen LogP contribution is 2.19. The average molecular weight is 345 g/mol. The minimum Gasteiger partial charge on any atom is -0.496 e. The van der Waals surface area contributed by atoms with Crippen LogP contribution in [0.25, 0.3) is 0 Å². The molecule has 134 valence electrons. The number of nitrogens with one attached hydrogen (secondary N) is 1. The lowest BCUT2D eigenvalue weighted by Crippen LogP contribution is -2.31. The monoisotopic (exact) mass is 345 g/mol. The Morgan fingerprint density at radius 1 is 1.24 bits per heavy atom. The molecule has 1 heterocycles. The first-order chi connectivity index (χ1) is 12.0. The number of hydrogen-bond acceptors (Lipinski definition) is 5. The number of ether oxygens (including phenoxy) is 2. The van der Waals surface area contributed by atoms with Crippen molar-refractivity contribution in [2.24, 2.45) is 0 Å².